The van der Waals surface area contributed by atoms with Gasteiger partial charge in [0.05, 0.1) is 5.56 Å². The van der Waals surface area contributed by atoms with Crippen molar-refractivity contribution in [2.45, 2.75) is 6.92 Å². The number of ether oxygens (including phenoxy) is 2. The van der Waals surface area contributed by atoms with E-state index in [0.29, 0.717) is 11.5 Å². The van der Waals surface area contributed by atoms with Crippen molar-refractivity contribution in [3.05, 3.63) is 54.0 Å². The molecule has 2 heterocycles. The zero-order valence-corrected chi connectivity index (χ0v) is 12.0. The van der Waals surface area contributed by atoms with Crippen LogP contribution in [0.4, 0.5) is 4.39 Å². The van der Waals surface area contributed by atoms with Crippen molar-refractivity contribution in [3.8, 4) is 22.8 Å². The van der Waals surface area contributed by atoms with Gasteiger partial charge < -0.3 is 9.47 Å². The number of nitrogens with two attached hydrogens (primary N) is 1. The summed E-state index contributed by atoms with van der Waals surface area (Å²) in [5, 5.41) is 1.87. The van der Waals surface area contributed by atoms with E-state index in [4.69, 9.17) is 15.3 Å². The number of aryl methyl sites for hydroxylation is 1. The molecule has 4 rings (SSSR count). The molecule has 0 unspecified atom stereocenters. The standard InChI is InChI=1S/C17H14FN2O2/c1-10-8-12-4-7-14-17(22-9-21-14)15(12)16(20(10)19)11-2-5-13(18)6-3-11/h2-8H,9,19H2,1H3/q+1. The van der Waals surface area contributed by atoms with E-state index in [-0.39, 0.29) is 12.6 Å². The van der Waals surface area contributed by atoms with Crippen LogP contribution in [-0.2, 0) is 0 Å². The lowest BCUT2D eigenvalue weighted by molar-refractivity contribution is -0.632. The van der Waals surface area contributed by atoms with Crippen molar-refractivity contribution in [1.82, 2.24) is 0 Å². The molecular formula is C17H14FN2O2+. The van der Waals surface area contributed by atoms with Crippen LogP contribution in [0.1, 0.15) is 5.69 Å². The number of hydrogen-bond donors (Lipinski definition) is 1. The average molecular weight is 297 g/mol. The molecule has 4 nitrogen and oxygen atoms in total. The van der Waals surface area contributed by atoms with Gasteiger partial charge in [0.25, 0.3) is 5.69 Å². The van der Waals surface area contributed by atoms with Gasteiger partial charge in [-0.2, -0.15) is 0 Å². The number of nitrogen functional groups attached to an aromatic ring is 1. The average Bonchev–Trinajstić information content (AvgIpc) is 2.98. The molecule has 0 atom stereocenters. The van der Waals surface area contributed by atoms with Crippen molar-refractivity contribution in [1.29, 1.82) is 0 Å². The van der Waals surface area contributed by atoms with Crippen molar-refractivity contribution in [2.75, 3.05) is 12.6 Å². The Bertz CT molecular complexity index is 892. The fourth-order valence-corrected chi connectivity index (χ4v) is 2.83. The Morgan fingerprint density at radius 2 is 1.86 bits per heavy atom. The first kappa shape index (κ1) is 12.9. The van der Waals surface area contributed by atoms with E-state index in [0.717, 1.165) is 27.7 Å². The highest BCUT2D eigenvalue weighted by atomic mass is 19.1. The quantitative estimate of drug-likeness (QED) is 0.555. The van der Waals surface area contributed by atoms with Crippen LogP contribution in [0.5, 0.6) is 11.5 Å². The largest absolute Gasteiger partial charge is 0.454 e. The number of nitrogens with zero attached hydrogens (tertiary/aromatic N) is 1. The summed E-state index contributed by atoms with van der Waals surface area (Å²) in [6.45, 7) is 2.12. The Morgan fingerprint density at radius 3 is 2.64 bits per heavy atom. The first-order chi connectivity index (χ1) is 10.6. The van der Waals surface area contributed by atoms with Crippen LogP contribution < -0.4 is 20.0 Å². The molecule has 1 aliphatic rings. The van der Waals surface area contributed by atoms with Gasteiger partial charge in [-0.25, -0.2) is 10.2 Å². The molecule has 110 valence electrons. The van der Waals surface area contributed by atoms with Crippen LogP contribution in [0, 0.1) is 12.7 Å². The molecule has 2 aromatic carbocycles. The Balaban J connectivity index is 2.13. The van der Waals surface area contributed by atoms with Crippen LogP contribution in [0.25, 0.3) is 22.0 Å². The molecule has 0 radical (unpaired) electrons. The molecular weight excluding hydrogens is 283 g/mol. The van der Waals surface area contributed by atoms with E-state index < -0.39 is 0 Å². The molecule has 0 spiro atoms. The Kier molecular flexibility index (Phi) is 2.69. The van der Waals surface area contributed by atoms with Gasteiger partial charge in [0.2, 0.25) is 12.5 Å². The summed E-state index contributed by atoms with van der Waals surface area (Å²) in [5.74, 6) is 7.33. The van der Waals surface area contributed by atoms with Crippen molar-refractivity contribution >= 4 is 10.8 Å². The van der Waals surface area contributed by atoms with Crippen molar-refractivity contribution in [3.63, 3.8) is 0 Å². The van der Waals surface area contributed by atoms with E-state index in [1.54, 1.807) is 16.8 Å². The highest BCUT2D eigenvalue weighted by molar-refractivity contribution is 5.99. The Hall–Kier alpha value is -2.82. The van der Waals surface area contributed by atoms with Gasteiger partial charge in [0.15, 0.2) is 11.5 Å². The van der Waals surface area contributed by atoms with Gasteiger partial charge >= 0.3 is 0 Å². The summed E-state index contributed by atoms with van der Waals surface area (Å²) < 4.78 is 25.9. The predicted molar refractivity (Wildman–Crippen MR) is 80.5 cm³/mol. The second kappa shape index (κ2) is 4.59. The predicted octanol–water partition coefficient (Wildman–Crippen LogP) is 2.68. The van der Waals surface area contributed by atoms with Crippen LogP contribution in [0.3, 0.4) is 0 Å². The van der Waals surface area contributed by atoms with E-state index in [1.165, 1.54) is 12.1 Å². The lowest BCUT2D eigenvalue weighted by Gasteiger charge is -2.08. The van der Waals surface area contributed by atoms with Gasteiger partial charge in [-0.1, -0.05) is 4.68 Å². The minimum absolute atomic E-state index is 0.190. The lowest BCUT2D eigenvalue weighted by atomic mass is 10.0. The number of fused-ring (bicyclic) bond motifs is 3. The summed E-state index contributed by atoms with van der Waals surface area (Å²) in [4.78, 5) is 0. The SMILES string of the molecule is Cc1cc2ccc3c(c2c(-c2ccc(F)cc2)[n+]1N)OCO3. The molecule has 3 aromatic rings. The molecule has 0 aliphatic carbocycles. The van der Waals surface area contributed by atoms with Crippen LogP contribution in [0.2, 0.25) is 0 Å². The van der Waals surface area contributed by atoms with Crippen molar-refractivity contribution in [2.24, 2.45) is 0 Å². The number of rotatable bonds is 1. The number of aromatic nitrogens is 1. The second-order valence-corrected chi connectivity index (χ2v) is 5.27. The highest BCUT2D eigenvalue weighted by Crippen LogP contribution is 2.42. The van der Waals surface area contributed by atoms with Gasteiger partial charge in [-0.3, -0.25) is 0 Å². The van der Waals surface area contributed by atoms with Gasteiger partial charge in [0.1, 0.15) is 11.2 Å². The van der Waals surface area contributed by atoms with Gasteiger partial charge in [-0.05, 0) is 41.8 Å². The molecule has 1 aromatic heterocycles. The molecule has 0 bridgehead atoms. The molecule has 22 heavy (non-hydrogen) atoms. The number of halogens is 1. The Labute approximate surface area is 126 Å². The van der Waals surface area contributed by atoms with E-state index in [9.17, 15) is 4.39 Å². The third-order valence-electron chi connectivity index (χ3n) is 3.91. The smallest absolute Gasteiger partial charge is 0.254 e. The fourth-order valence-electron chi connectivity index (χ4n) is 2.83. The maximum atomic E-state index is 13.2. The summed E-state index contributed by atoms with van der Waals surface area (Å²) in [6.07, 6.45) is 0. The molecule has 1 aliphatic heterocycles. The maximum Gasteiger partial charge on any atom is 0.254 e. The third kappa shape index (κ3) is 1.79. The molecule has 0 saturated carbocycles. The van der Waals surface area contributed by atoms with Crippen LogP contribution in [0.15, 0.2) is 42.5 Å². The lowest BCUT2D eigenvalue weighted by Crippen LogP contribution is -2.49. The summed E-state index contributed by atoms with van der Waals surface area (Å²) in [7, 11) is 0. The van der Waals surface area contributed by atoms with E-state index >= 15 is 0 Å². The summed E-state index contributed by atoms with van der Waals surface area (Å²) >= 11 is 0. The molecule has 0 fully saturated rings. The monoisotopic (exact) mass is 297 g/mol. The van der Waals surface area contributed by atoms with E-state index in [2.05, 4.69) is 0 Å². The highest BCUT2D eigenvalue weighted by Gasteiger charge is 2.27. The van der Waals surface area contributed by atoms with Crippen LogP contribution in [-0.4, -0.2) is 6.79 Å². The maximum absolute atomic E-state index is 13.2. The molecule has 0 amide bonds. The van der Waals surface area contributed by atoms with Crippen LogP contribution >= 0.6 is 0 Å². The molecule has 2 N–H and O–H groups in total. The first-order valence-corrected chi connectivity index (χ1v) is 6.94. The van der Waals surface area contributed by atoms with Gasteiger partial charge in [-0.15, -0.1) is 0 Å². The Morgan fingerprint density at radius 1 is 1.09 bits per heavy atom. The zero-order valence-electron chi connectivity index (χ0n) is 12.0. The second-order valence-electron chi connectivity index (χ2n) is 5.27. The minimum Gasteiger partial charge on any atom is -0.454 e. The topological polar surface area (TPSA) is 48.4 Å². The summed E-state index contributed by atoms with van der Waals surface area (Å²) in [5.41, 5.74) is 2.49. The number of hydrogen-bond acceptors (Lipinski definition) is 3. The van der Waals surface area contributed by atoms with Crippen molar-refractivity contribution < 1.29 is 18.5 Å². The fraction of sp³-hybridized carbons (Fsp3) is 0.118. The summed E-state index contributed by atoms with van der Waals surface area (Å²) in [6, 6.07) is 12.1. The zero-order chi connectivity index (χ0) is 15.3. The number of pyridine rings is 1. The molecule has 5 heteroatoms. The minimum atomic E-state index is -0.283. The third-order valence-corrected chi connectivity index (χ3v) is 3.91. The normalized spacial score (nSPS) is 12.8. The first-order valence-electron chi connectivity index (χ1n) is 6.94. The van der Waals surface area contributed by atoms with E-state index in [1.807, 2.05) is 25.1 Å². The van der Waals surface area contributed by atoms with Gasteiger partial charge in [0, 0.05) is 13.0 Å². The molecule has 0 saturated heterocycles. The number of benzene rings is 2.